The van der Waals surface area contributed by atoms with Crippen molar-refractivity contribution in [2.45, 2.75) is 187 Å². The van der Waals surface area contributed by atoms with Crippen LogP contribution in [0.15, 0.2) is 0 Å². The van der Waals surface area contributed by atoms with E-state index >= 15 is 0 Å². The van der Waals surface area contributed by atoms with Crippen molar-refractivity contribution in [3.8, 4) is 0 Å². The van der Waals surface area contributed by atoms with Crippen LogP contribution in [0.5, 0.6) is 0 Å². The number of unbranched alkanes of at least 4 members (excludes halogenated alkanes) is 23. The van der Waals surface area contributed by atoms with Crippen LogP contribution in [0, 0.1) is 5.92 Å². The molecule has 0 spiro atoms. The first-order valence-corrected chi connectivity index (χ1v) is 15.4. The van der Waals surface area contributed by atoms with E-state index in [4.69, 9.17) is 0 Å². The molecule has 0 N–H and O–H groups in total. The minimum atomic E-state index is -0.811. The Labute approximate surface area is 237 Å². The van der Waals surface area contributed by atoms with Crippen LogP contribution in [0.25, 0.3) is 0 Å². The van der Waals surface area contributed by atoms with E-state index in [0.29, 0.717) is 0 Å². The predicted octanol–water partition coefficient (Wildman–Crippen LogP) is 6.93. The van der Waals surface area contributed by atoms with Gasteiger partial charge in [-0.05, 0) is 18.8 Å². The quantitative estimate of drug-likeness (QED) is 0.0885. The molecule has 0 amide bonds. The largest absolute Gasteiger partial charge is 1.00 e. The summed E-state index contributed by atoms with van der Waals surface area (Å²) in [6.07, 6.45) is 35.1. The summed E-state index contributed by atoms with van der Waals surface area (Å²) in [6, 6.07) is 0. The summed E-state index contributed by atoms with van der Waals surface area (Å²) in [7, 11) is 0. The van der Waals surface area contributed by atoms with Crippen LogP contribution >= 0.6 is 0 Å². The fourth-order valence-electron chi connectivity index (χ4n) is 5.02. The predicted molar refractivity (Wildman–Crippen MR) is 145 cm³/mol. The topological polar surface area (TPSA) is 40.1 Å². The Morgan fingerprint density at radius 2 is 0.647 bits per heavy atom. The molecule has 0 aromatic carbocycles. The first-order chi connectivity index (χ1) is 16.2. The zero-order chi connectivity index (χ0) is 24.2. The molecule has 1 unspecified atom stereocenters. The van der Waals surface area contributed by atoms with Crippen molar-refractivity contribution in [1.82, 2.24) is 0 Å². The monoisotopic (exact) mass is 488 g/mol. The van der Waals surface area contributed by atoms with E-state index in [1.807, 2.05) is 0 Å². The number of carbonyl (C=O) groups excluding carboxylic acids is 1. The van der Waals surface area contributed by atoms with Gasteiger partial charge in [0, 0.05) is 5.97 Å². The first-order valence-electron chi connectivity index (χ1n) is 15.4. The summed E-state index contributed by atoms with van der Waals surface area (Å²) in [5, 5.41) is 11.4. The van der Waals surface area contributed by atoms with Crippen molar-refractivity contribution >= 4 is 5.97 Å². The van der Waals surface area contributed by atoms with Crippen LogP contribution in [0.4, 0.5) is 0 Å². The van der Waals surface area contributed by atoms with Crippen LogP contribution in [0.2, 0.25) is 0 Å². The van der Waals surface area contributed by atoms with Gasteiger partial charge in [-0.2, -0.15) is 0 Å². The Kier molecular flexibility index (Phi) is 33.9. The number of rotatable bonds is 28. The van der Waals surface area contributed by atoms with E-state index in [-0.39, 0.29) is 35.5 Å². The number of carboxylic acid groups (broad SMARTS) is 1. The number of carboxylic acids is 1. The fourth-order valence-corrected chi connectivity index (χ4v) is 5.02. The van der Waals surface area contributed by atoms with Crippen LogP contribution in [0.3, 0.4) is 0 Å². The molecule has 0 rings (SSSR count). The van der Waals surface area contributed by atoms with E-state index < -0.39 is 5.97 Å². The maximum atomic E-state index is 11.4. The molecule has 0 fully saturated rings. The molecule has 0 bridgehead atoms. The second kappa shape index (κ2) is 31.5. The molecule has 0 aromatic heterocycles. The Morgan fingerprint density at radius 3 is 0.853 bits per heavy atom. The van der Waals surface area contributed by atoms with Crippen molar-refractivity contribution in [3.63, 3.8) is 0 Å². The average Bonchev–Trinajstić information content (AvgIpc) is 2.81. The number of hydrogen-bond acceptors (Lipinski definition) is 2. The zero-order valence-corrected chi connectivity index (χ0v) is 26.0. The Balaban J connectivity index is 0. The third kappa shape index (κ3) is 28.7. The van der Waals surface area contributed by atoms with Gasteiger partial charge in [0.05, 0.1) is 0 Å². The minimum absolute atomic E-state index is 0. The molecule has 34 heavy (non-hydrogen) atoms. The number of aliphatic carboxylic acids is 1. The van der Waals surface area contributed by atoms with Gasteiger partial charge in [-0.3, -0.25) is 0 Å². The molecule has 198 valence electrons. The van der Waals surface area contributed by atoms with E-state index in [1.165, 1.54) is 148 Å². The Hall–Kier alpha value is 0.470. The summed E-state index contributed by atoms with van der Waals surface area (Å²) in [6.45, 7) is 4.54. The molecule has 0 saturated heterocycles. The molecule has 2 nitrogen and oxygen atoms in total. The van der Waals surface area contributed by atoms with Crippen LogP contribution in [-0.4, -0.2) is 5.97 Å². The molecule has 0 radical (unpaired) electrons. The maximum absolute atomic E-state index is 11.4. The smallest absolute Gasteiger partial charge is 0.550 e. The van der Waals surface area contributed by atoms with Gasteiger partial charge in [0.1, 0.15) is 0 Å². The summed E-state index contributed by atoms with van der Waals surface area (Å²) in [5.41, 5.74) is 0. The summed E-state index contributed by atoms with van der Waals surface area (Å²) in [5.74, 6) is -1.02. The second-order valence-corrected chi connectivity index (χ2v) is 10.7. The number of hydrogen-bond donors (Lipinski definition) is 0. The molecular weight excluding hydrogens is 427 g/mol. The summed E-state index contributed by atoms with van der Waals surface area (Å²) in [4.78, 5) is 11.4. The van der Waals surface area contributed by atoms with Crippen molar-refractivity contribution < 1.29 is 39.5 Å². The van der Waals surface area contributed by atoms with Gasteiger partial charge in [-0.15, -0.1) is 0 Å². The van der Waals surface area contributed by atoms with Gasteiger partial charge in [0.25, 0.3) is 0 Å². The number of carbonyl (C=O) groups is 1. The van der Waals surface area contributed by atoms with Crippen LogP contribution < -0.4 is 34.7 Å². The van der Waals surface area contributed by atoms with Gasteiger partial charge in [-0.25, -0.2) is 0 Å². The molecule has 0 aromatic rings. The van der Waals surface area contributed by atoms with Gasteiger partial charge in [-0.1, -0.05) is 174 Å². The van der Waals surface area contributed by atoms with Crippen molar-refractivity contribution in [3.05, 3.63) is 0 Å². The van der Waals surface area contributed by atoms with E-state index in [1.54, 1.807) is 0 Å². The molecule has 1 atom stereocenters. The molecule has 0 saturated carbocycles. The molecule has 0 aliphatic heterocycles. The van der Waals surface area contributed by atoms with E-state index in [0.717, 1.165) is 25.7 Å². The molecule has 0 aliphatic rings. The van der Waals surface area contributed by atoms with Crippen molar-refractivity contribution in [2.75, 3.05) is 0 Å². The van der Waals surface area contributed by atoms with E-state index in [9.17, 15) is 9.90 Å². The van der Waals surface area contributed by atoms with Crippen molar-refractivity contribution in [1.29, 1.82) is 0 Å². The average molecular weight is 489 g/mol. The SMILES string of the molecule is CCCCCCCCCCCCCCCCCCCC(CCCCCCCCCC)C(=O)[O-].[Na+]. The standard InChI is InChI=1S/C31H62O2.Na/c1-3-5-7-9-11-13-14-15-16-17-18-19-20-21-23-25-27-29-30(31(32)33)28-26-24-22-12-10-8-6-4-2;/h30H,3-29H2,1-2H3,(H,32,33);/q;+1/p-1. The summed E-state index contributed by atoms with van der Waals surface area (Å²) < 4.78 is 0. The van der Waals surface area contributed by atoms with Gasteiger partial charge in [0.2, 0.25) is 0 Å². The van der Waals surface area contributed by atoms with E-state index in [2.05, 4.69) is 13.8 Å². The van der Waals surface area contributed by atoms with Gasteiger partial charge in [0.15, 0.2) is 0 Å². The maximum Gasteiger partial charge on any atom is 1.00 e. The molecule has 0 heterocycles. The van der Waals surface area contributed by atoms with Gasteiger partial charge >= 0.3 is 29.6 Å². The molecular formula is C31H61NaO2. The van der Waals surface area contributed by atoms with Crippen molar-refractivity contribution in [2.24, 2.45) is 5.92 Å². The molecule has 3 heteroatoms. The zero-order valence-electron chi connectivity index (χ0n) is 24.0. The van der Waals surface area contributed by atoms with Crippen LogP contribution in [0.1, 0.15) is 187 Å². The molecule has 0 aliphatic carbocycles. The minimum Gasteiger partial charge on any atom is -0.550 e. The van der Waals surface area contributed by atoms with Gasteiger partial charge < -0.3 is 9.90 Å². The third-order valence-corrected chi connectivity index (χ3v) is 7.40. The third-order valence-electron chi connectivity index (χ3n) is 7.40. The fraction of sp³-hybridized carbons (Fsp3) is 0.968. The Bertz CT molecular complexity index is 386. The normalized spacial score (nSPS) is 11.9. The Morgan fingerprint density at radius 1 is 0.441 bits per heavy atom. The first kappa shape index (κ1) is 36.6. The van der Waals surface area contributed by atoms with Crippen LogP contribution in [-0.2, 0) is 4.79 Å². The summed E-state index contributed by atoms with van der Waals surface area (Å²) >= 11 is 0. The second-order valence-electron chi connectivity index (χ2n) is 10.7.